The Morgan fingerprint density at radius 1 is 1.55 bits per heavy atom. The summed E-state index contributed by atoms with van der Waals surface area (Å²) in [6.07, 6.45) is 1.79. The normalized spacial score (nSPS) is 10.0. The summed E-state index contributed by atoms with van der Waals surface area (Å²) in [6.45, 7) is 5.78. The maximum Gasteiger partial charge on any atom is 0.125 e. The molecule has 1 aromatic rings. The molecule has 0 atom stereocenters. The number of aromatic nitrogens is 2. The monoisotopic (exact) mass is 151 g/mol. The van der Waals surface area contributed by atoms with Gasteiger partial charge in [-0.2, -0.15) is 0 Å². The highest BCUT2D eigenvalue weighted by Crippen LogP contribution is 1.92. The van der Waals surface area contributed by atoms with Crippen LogP contribution < -0.4 is 5.32 Å². The number of rotatable bonds is 3. The van der Waals surface area contributed by atoms with Crippen LogP contribution in [0, 0.1) is 6.92 Å². The van der Waals surface area contributed by atoms with Crippen molar-refractivity contribution in [2.45, 2.75) is 20.4 Å². The fraction of sp³-hybridized carbons (Fsp3) is 0.500. The van der Waals surface area contributed by atoms with Crippen molar-refractivity contribution < 1.29 is 0 Å². The van der Waals surface area contributed by atoms with Crippen molar-refractivity contribution in [1.82, 2.24) is 15.3 Å². The average molecular weight is 151 g/mol. The van der Waals surface area contributed by atoms with Gasteiger partial charge in [0.05, 0.1) is 5.69 Å². The number of nitrogens with zero attached hydrogens (tertiary/aromatic N) is 2. The van der Waals surface area contributed by atoms with E-state index in [1.54, 1.807) is 6.20 Å². The van der Waals surface area contributed by atoms with E-state index < -0.39 is 0 Å². The van der Waals surface area contributed by atoms with E-state index in [9.17, 15) is 0 Å². The Balaban J connectivity index is 2.56. The molecule has 60 valence electrons. The Labute approximate surface area is 66.9 Å². The first-order valence-electron chi connectivity index (χ1n) is 3.82. The van der Waals surface area contributed by atoms with Gasteiger partial charge in [-0.1, -0.05) is 6.92 Å². The molecular weight excluding hydrogens is 138 g/mol. The average Bonchev–Trinajstić information content (AvgIpc) is 2.01. The van der Waals surface area contributed by atoms with E-state index in [2.05, 4.69) is 22.2 Å². The zero-order valence-corrected chi connectivity index (χ0v) is 6.96. The Morgan fingerprint density at radius 2 is 2.36 bits per heavy atom. The molecule has 0 aromatic carbocycles. The largest absolute Gasteiger partial charge is 0.311 e. The van der Waals surface area contributed by atoms with Crippen molar-refractivity contribution >= 4 is 0 Å². The molecule has 0 bridgehead atoms. The van der Waals surface area contributed by atoms with Crippen LogP contribution in [0.5, 0.6) is 0 Å². The van der Waals surface area contributed by atoms with E-state index in [-0.39, 0.29) is 0 Å². The number of aryl methyl sites for hydroxylation is 1. The summed E-state index contributed by atoms with van der Waals surface area (Å²) in [6, 6.07) is 1.93. The molecule has 0 unspecified atom stereocenters. The van der Waals surface area contributed by atoms with E-state index in [1.807, 2.05) is 13.0 Å². The molecule has 0 aliphatic carbocycles. The van der Waals surface area contributed by atoms with E-state index in [0.717, 1.165) is 24.6 Å². The van der Waals surface area contributed by atoms with Gasteiger partial charge in [0.25, 0.3) is 0 Å². The van der Waals surface area contributed by atoms with Gasteiger partial charge in [-0.15, -0.1) is 0 Å². The van der Waals surface area contributed by atoms with Crippen LogP contribution in [0.1, 0.15) is 18.4 Å². The molecule has 0 amide bonds. The zero-order valence-electron chi connectivity index (χ0n) is 6.96. The summed E-state index contributed by atoms with van der Waals surface area (Å²) >= 11 is 0. The Hall–Kier alpha value is -0.960. The molecule has 1 heterocycles. The highest BCUT2D eigenvalue weighted by atomic mass is 14.9. The highest BCUT2D eigenvalue weighted by molar-refractivity contribution is 5.00. The first-order chi connectivity index (χ1) is 5.33. The van der Waals surface area contributed by atoms with Crippen molar-refractivity contribution in [3.63, 3.8) is 0 Å². The van der Waals surface area contributed by atoms with Crippen molar-refractivity contribution in [3.8, 4) is 0 Å². The molecule has 0 radical (unpaired) electrons. The molecule has 0 saturated carbocycles. The van der Waals surface area contributed by atoms with Gasteiger partial charge in [0.1, 0.15) is 5.82 Å². The number of hydrogen-bond donors (Lipinski definition) is 1. The van der Waals surface area contributed by atoms with E-state index in [0.29, 0.717) is 0 Å². The fourth-order valence-electron chi connectivity index (χ4n) is 0.857. The van der Waals surface area contributed by atoms with Crippen LogP contribution in [-0.2, 0) is 6.54 Å². The first-order valence-corrected chi connectivity index (χ1v) is 3.82. The SMILES string of the molecule is CCNCc1ccnc(C)n1. The second-order valence-corrected chi connectivity index (χ2v) is 2.38. The third-order valence-corrected chi connectivity index (χ3v) is 1.39. The summed E-state index contributed by atoms with van der Waals surface area (Å²) in [5.41, 5.74) is 1.05. The predicted octanol–water partition coefficient (Wildman–Crippen LogP) is 0.895. The van der Waals surface area contributed by atoms with Gasteiger partial charge in [-0.25, -0.2) is 9.97 Å². The Kier molecular flexibility index (Phi) is 2.98. The lowest BCUT2D eigenvalue weighted by Gasteiger charge is -2.00. The maximum absolute atomic E-state index is 4.24. The van der Waals surface area contributed by atoms with Gasteiger partial charge < -0.3 is 5.32 Å². The molecule has 1 N–H and O–H groups in total. The van der Waals surface area contributed by atoms with Crippen molar-refractivity contribution in [2.24, 2.45) is 0 Å². The minimum absolute atomic E-state index is 0.833. The topological polar surface area (TPSA) is 37.8 Å². The molecular formula is C8H13N3. The van der Waals surface area contributed by atoms with Crippen LogP contribution in [0.15, 0.2) is 12.3 Å². The number of hydrogen-bond acceptors (Lipinski definition) is 3. The lowest BCUT2D eigenvalue weighted by molar-refractivity contribution is 0.705. The molecule has 0 saturated heterocycles. The molecule has 0 fully saturated rings. The minimum Gasteiger partial charge on any atom is -0.311 e. The summed E-state index contributed by atoms with van der Waals surface area (Å²) < 4.78 is 0. The third-order valence-electron chi connectivity index (χ3n) is 1.39. The van der Waals surface area contributed by atoms with Gasteiger partial charge in [-0.3, -0.25) is 0 Å². The van der Waals surface area contributed by atoms with Crippen molar-refractivity contribution in [1.29, 1.82) is 0 Å². The second-order valence-electron chi connectivity index (χ2n) is 2.38. The first kappa shape index (κ1) is 8.14. The van der Waals surface area contributed by atoms with E-state index in [1.165, 1.54) is 0 Å². The van der Waals surface area contributed by atoms with Crippen LogP contribution in [0.25, 0.3) is 0 Å². The van der Waals surface area contributed by atoms with Crippen LogP contribution in [0.2, 0.25) is 0 Å². The van der Waals surface area contributed by atoms with Gasteiger partial charge in [0.2, 0.25) is 0 Å². The Bertz CT molecular complexity index is 222. The summed E-state index contributed by atoms with van der Waals surface area (Å²) in [7, 11) is 0. The summed E-state index contributed by atoms with van der Waals surface area (Å²) in [5.74, 6) is 0.834. The lowest BCUT2D eigenvalue weighted by atomic mass is 10.4. The summed E-state index contributed by atoms with van der Waals surface area (Å²) in [4.78, 5) is 8.25. The van der Waals surface area contributed by atoms with Crippen LogP contribution in [0.4, 0.5) is 0 Å². The van der Waals surface area contributed by atoms with Gasteiger partial charge >= 0.3 is 0 Å². The second kappa shape index (κ2) is 4.03. The van der Waals surface area contributed by atoms with Crippen LogP contribution in [-0.4, -0.2) is 16.5 Å². The molecule has 3 heteroatoms. The van der Waals surface area contributed by atoms with Crippen molar-refractivity contribution in [3.05, 3.63) is 23.8 Å². The molecule has 1 aromatic heterocycles. The van der Waals surface area contributed by atoms with Gasteiger partial charge in [-0.05, 0) is 19.5 Å². The molecule has 0 spiro atoms. The number of nitrogens with one attached hydrogen (secondary N) is 1. The zero-order chi connectivity index (χ0) is 8.10. The van der Waals surface area contributed by atoms with Crippen molar-refractivity contribution in [2.75, 3.05) is 6.54 Å². The highest BCUT2D eigenvalue weighted by Gasteiger charge is 1.92. The Morgan fingerprint density at radius 3 is 3.00 bits per heavy atom. The van der Waals surface area contributed by atoms with Crippen LogP contribution >= 0.6 is 0 Å². The molecule has 1 rings (SSSR count). The standard InChI is InChI=1S/C8H13N3/c1-3-9-6-8-4-5-10-7(2)11-8/h4-5,9H,3,6H2,1-2H3. The minimum atomic E-state index is 0.833. The molecule has 0 aliphatic rings. The molecule has 0 aliphatic heterocycles. The third kappa shape index (κ3) is 2.63. The smallest absolute Gasteiger partial charge is 0.125 e. The lowest BCUT2D eigenvalue weighted by Crippen LogP contribution is -2.13. The van der Waals surface area contributed by atoms with Gasteiger partial charge in [0.15, 0.2) is 0 Å². The van der Waals surface area contributed by atoms with Crippen LogP contribution in [0.3, 0.4) is 0 Å². The molecule has 3 nitrogen and oxygen atoms in total. The molecule has 11 heavy (non-hydrogen) atoms. The fourth-order valence-corrected chi connectivity index (χ4v) is 0.857. The maximum atomic E-state index is 4.24. The van der Waals surface area contributed by atoms with E-state index >= 15 is 0 Å². The van der Waals surface area contributed by atoms with Gasteiger partial charge in [0, 0.05) is 12.7 Å². The summed E-state index contributed by atoms with van der Waals surface area (Å²) in [5, 5.41) is 3.20. The van der Waals surface area contributed by atoms with E-state index in [4.69, 9.17) is 0 Å². The predicted molar refractivity (Wildman–Crippen MR) is 44.1 cm³/mol. The quantitative estimate of drug-likeness (QED) is 0.697.